The number of urea groups is 1. The lowest BCUT2D eigenvalue weighted by atomic mass is 9.89. The van der Waals surface area contributed by atoms with Crippen molar-refractivity contribution in [3.8, 4) is 0 Å². The Morgan fingerprint density at radius 1 is 0.808 bits per heavy atom. The summed E-state index contributed by atoms with van der Waals surface area (Å²) < 4.78 is 0. The van der Waals surface area contributed by atoms with Gasteiger partial charge in [-0.1, -0.05) is 38.5 Å². The zero-order valence-electron chi connectivity index (χ0n) is 16.2. The minimum Gasteiger partial charge on any atom is -0.355 e. The Bertz CT molecular complexity index is 451. The molecule has 0 bridgehead atoms. The molecule has 0 atom stereocenters. The summed E-state index contributed by atoms with van der Waals surface area (Å²) in [5.41, 5.74) is 0. The second-order valence-electron chi connectivity index (χ2n) is 8.36. The maximum absolute atomic E-state index is 12.4. The van der Waals surface area contributed by atoms with E-state index in [1.165, 1.54) is 51.4 Å². The third-order valence-corrected chi connectivity index (χ3v) is 6.27. The molecule has 3 fully saturated rings. The van der Waals surface area contributed by atoms with Crippen LogP contribution in [0.15, 0.2) is 0 Å². The van der Waals surface area contributed by atoms with Crippen LogP contribution in [0.4, 0.5) is 4.79 Å². The lowest BCUT2D eigenvalue weighted by Gasteiger charge is -2.35. The van der Waals surface area contributed by atoms with E-state index in [2.05, 4.69) is 15.5 Å². The van der Waals surface area contributed by atoms with Gasteiger partial charge in [-0.15, -0.1) is 0 Å². The molecule has 6 nitrogen and oxygen atoms in total. The molecular formula is C20H36N4O2. The summed E-state index contributed by atoms with van der Waals surface area (Å²) in [6.45, 7) is 4.31. The average Bonchev–Trinajstić information content (AvgIpc) is 2.68. The van der Waals surface area contributed by atoms with Gasteiger partial charge < -0.3 is 15.5 Å². The lowest BCUT2D eigenvalue weighted by molar-refractivity contribution is -0.122. The first-order chi connectivity index (χ1) is 12.7. The normalized spacial score (nSPS) is 23.6. The Hall–Kier alpha value is -1.30. The van der Waals surface area contributed by atoms with Crippen molar-refractivity contribution in [3.63, 3.8) is 0 Å². The number of amides is 3. The van der Waals surface area contributed by atoms with Gasteiger partial charge in [0, 0.05) is 38.8 Å². The van der Waals surface area contributed by atoms with Crippen LogP contribution in [0.25, 0.3) is 0 Å². The van der Waals surface area contributed by atoms with Crippen molar-refractivity contribution in [2.45, 2.75) is 70.3 Å². The van der Waals surface area contributed by atoms with Crippen LogP contribution >= 0.6 is 0 Å². The average molecular weight is 365 g/mol. The predicted octanol–water partition coefficient (Wildman–Crippen LogP) is 2.34. The van der Waals surface area contributed by atoms with Gasteiger partial charge in [0.25, 0.3) is 0 Å². The molecule has 3 rings (SSSR count). The smallest absolute Gasteiger partial charge is 0.317 e. The Morgan fingerprint density at radius 3 is 2.08 bits per heavy atom. The van der Waals surface area contributed by atoms with Gasteiger partial charge in [0.1, 0.15) is 0 Å². The maximum atomic E-state index is 12.4. The van der Waals surface area contributed by atoms with Gasteiger partial charge >= 0.3 is 6.03 Å². The van der Waals surface area contributed by atoms with E-state index in [1.54, 1.807) is 0 Å². The topological polar surface area (TPSA) is 64.7 Å². The first-order valence-corrected chi connectivity index (χ1v) is 10.8. The van der Waals surface area contributed by atoms with Gasteiger partial charge in [-0.3, -0.25) is 9.69 Å². The van der Waals surface area contributed by atoms with Gasteiger partial charge in [-0.05, 0) is 31.6 Å². The van der Waals surface area contributed by atoms with E-state index in [-0.39, 0.29) is 11.9 Å². The minimum absolute atomic E-state index is 0.0818. The Morgan fingerprint density at radius 2 is 1.42 bits per heavy atom. The van der Waals surface area contributed by atoms with E-state index < -0.39 is 0 Å². The largest absolute Gasteiger partial charge is 0.355 e. The number of hydrogen-bond donors (Lipinski definition) is 2. The van der Waals surface area contributed by atoms with Crippen molar-refractivity contribution in [1.29, 1.82) is 0 Å². The third-order valence-electron chi connectivity index (χ3n) is 6.27. The fourth-order valence-electron chi connectivity index (χ4n) is 4.53. The molecule has 26 heavy (non-hydrogen) atoms. The molecule has 3 amide bonds. The first kappa shape index (κ1) is 19.5. The molecule has 0 aromatic heterocycles. The summed E-state index contributed by atoms with van der Waals surface area (Å²) in [6.07, 6.45) is 12.5. The molecule has 0 aromatic rings. The monoisotopic (exact) mass is 364 g/mol. The third kappa shape index (κ3) is 6.15. The molecule has 2 saturated carbocycles. The molecule has 1 saturated heterocycles. The fourth-order valence-corrected chi connectivity index (χ4v) is 4.53. The quantitative estimate of drug-likeness (QED) is 0.787. The van der Waals surface area contributed by atoms with E-state index in [9.17, 15) is 9.59 Å². The molecule has 3 aliphatic rings. The SMILES string of the molecule is O=C(CN1CCN(C(=O)NC2CCCCC2)CC1)NCC1CCCCC1. The molecule has 1 heterocycles. The maximum Gasteiger partial charge on any atom is 0.317 e. The highest BCUT2D eigenvalue weighted by atomic mass is 16.2. The van der Waals surface area contributed by atoms with Crippen LogP contribution in [0.1, 0.15) is 64.2 Å². The van der Waals surface area contributed by atoms with E-state index in [4.69, 9.17) is 0 Å². The number of nitrogens with one attached hydrogen (secondary N) is 2. The highest BCUT2D eigenvalue weighted by Gasteiger charge is 2.25. The highest BCUT2D eigenvalue weighted by Crippen LogP contribution is 2.22. The number of hydrogen-bond acceptors (Lipinski definition) is 3. The van der Waals surface area contributed by atoms with Crippen molar-refractivity contribution in [2.75, 3.05) is 39.3 Å². The van der Waals surface area contributed by atoms with E-state index in [0.717, 1.165) is 32.5 Å². The number of piperazine rings is 1. The fraction of sp³-hybridized carbons (Fsp3) is 0.900. The van der Waals surface area contributed by atoms with E-state index >= 15 is 0 Å². The van der Waals surface area contributed by atoms with Crippen LogP contribution in [-0.2, 0) is 4.79 Å². The minimum atomic E-state index is 0.0818. The van der Waals surface area contributed by atoms with Crippen LogP contribution < -0.4 is 10.6 Å². The molecule has 0 unspecified atom stereocenters. The summed E-state index contributed by atoms with van der Waals surface area (Å²) >= 11 is 0. The van der Waals surface area contributed by atoms with Crippen LogP contribution in [0, 0.1) is 5.92 Å². The van der Waals surface area contributed by atoms with Gasteiger partial charge in [-0.2, -0.15) is 0 Å². The van der Waals surface area contributed by atoms with E-state index in [0.29, 0.717) is 31.6 Å². The zero-order chi connectivity index (χ0) is 18.2. The number of nitrogens with zero attached hydrogens (tertiary/aromatic N) is 2. The molecule has 2 aliphatic carbocycles. The van der Waals surface area contributed by atoms with Gasteiger partial charge in [0.15, 0.2) is 0 Å². The highest BCUT2D eigenvalue weighted by molar-refractivity contribution is 5.78. The van der Waals surface area contributed by atoms with Crippen LogP contribution in [-0.4, -0.2) is 67.0 Å². The molecular weight excluding hydrogens is 328 g/mol. The summed E-state index contributed by atoms with van der Waals surface area (Å²) in [7, 11) is 0. The predicted molar refractivity (Wildman–Crippen MR) is 103 cm³/mol. The van der Waals surface area contributed by atoms with Crippen molar-refractivity contribution in [1.82, 2.24) is 20.4 Å². The number of carbonyl (C=O) groups excluding carboxylic acids is 2. The van der Waals surface area contributed by atoms with Gasteiger partial charge in [0.2, 0.25) is 5.91 Å². The standard InChI is InChI=1S/C20H36N4O2/c25-19(21-15-17-7-3-1-4-8-17)16-23-11-13-24(14-12-23)20(26)22-18-9-5-2-6-10-18/h17-18H,1-16H2,(H,21,25)(H,22,26). The second kappa shape index (κ2) is 10.1. The summed E-state index contributed by atoms with van der Waals surface area (Å²) in [4.78, 5) is 28.7. The van der Waals surface area contributed by atoms with Gasteiger partial charge in [0.05, 0.1) is 6.54 Å². The molecule has 6 heteroatoms. The van der Waals surface area contributed by atoms with Gasteiger partial charge in [-0.25, -0.2) is 4.79 Å². The molecule has 0 radical (unpaired) electrons. The molecule has 2 N–H and O–H groups in total. The number of carbonyl (C=O) groups is 2. The van der Waals surface area contributed by atoms with Crippen molar-refractivity contribution in [2.24, 2.45) is 5.92 Å². The molecule has 0 spiro atoms. The molecule has 148 valence electrons. The number of rotatable bonds is 5. The Labute approximate surface area is 158 Å². The van der Waals surface area contributed by atoms with Crippen LogP contribution in [0.5, 0.6) is 0 Å². The molecule has 1 aliphatic heterocycles. The van der Waals surface area contributed by atoms with Crippen molar-refractivity contribution in [3.05, 3.63) is 0 Å². The molecule has 0 aromatic carbocycles. The Balaban J connectivity index is 1.30. The summed E-state index contributed by atoms with van der Waals surface area (Å²) in [6, 6.07) is 0.443. The summed E-state index contributed by atoms with van der Waals surface area (Å²) in [5, 5.41) is 6.30. The second-order valence-corrected chi connectivity index (χ2v) is 8.36. The van der Waals surface area contributed by atoms with Crippen molar-refractivity contribution >= 4 is 11.9 Å². The van der Waals surface area contributed by atoms with Crippen LogP contribution in [0.3, 0.4) is 0 Å². The summed E-state index contributed by atoms with van der Waals surface area (Å²) in [5.74, 6) is 0.809. The van der Waals surface area contributed by atoms with E-state index in [1.807, 2.05) is 4.90 Å². The van der Waals surface area contributed by atoms with Crippen LogP contribution in [0.2, 0.25) is 0 Å². The zero-order valence-corrected chi connectivity index (χ0v) is 16.2. The first-order valence-electron chi connectivity index (χ1n) is 10.8. The lowest BCUT2D eigenvalue weighted by Crippen LogP contribution is -2.55. The Kier molecular flexibility index (Phi) is 7.59. The van der Waals surface area contributed by atoms with Crippen molar-refractivity contribution < 1.29 is 9.59 Å².